The van der Waals surface area contributed by atoms with Crippen LogP contribution in [0.4, 0.5) is 0 Å². The Kier molecular flexibility index (Phi) is 5.40. The van der Waals surface area contributed by atoms with Crippen molar-refractivity contribution in [3.63, 3.8) is 0 Å². The number of nitrogens with zero attached hydrogens (tertiary/aromatic N) is 2. The third kappa shape index (κ3) is 3.77. The van der Waals surface area contributed by atoms with Crippen molar-refractivity contribution >= 4 is 9.84 Å². The molecule has 0 saturated heterocycles. The van der Waals surface area contributed by atoms with E-state index < -0.39 is 9.84 Å². The number of aromatic nitrogens is 2. The summed E-state index contributed by atoms with van der Waals surface area (Å²) in [4.78, 5) is 4.47. The van der Waals surface area contributed by atoms with Gasteiger partial charge in [0.05, 0.1) is 16.5 Å². The molecular weight excluding hydrogens is 296 g/mol. The second-order valence-electron chi connectivity index (χ2n) is 5.86. The first kappa shape index (κ1) is 16.7. The van der Waals surface area contributed by atoms with Crippen LogP contribution in [0.3, 0.4) is 0 Å². The van der Waals surface area contributed by atoms with Gasteiger partial charge in [0.1, 0.15) is 0 Å². The van der Waals surface area contributed by atoms with Crippen LogP contribution in [0.5, 0.6) is 0 Å². The first-order chi connectivity index (χ1) is 10.4. The lowest BCUT2D eigenvalue weighted by molar-refractivity contribution is 0.466. The summed E-state index contributed by atoms with van der Waals surface area (Å²) in [5, 5.41) is -0.363. The number of hydrogen-bond acceptors (Lipinski definition) is 3. The quantitative estimate of drug-likeness (QED) is 0.780. The smallest absolute Gasteiger partial charge is 0.181 e. The number of aryl methyl sites for hydroxylation is 1. The van der Waals surface area contributed by atoms with Crippen molar-refractivity contribution in [2.45, 2.75) is 56.2 Å². The molecule has 0 aliphatic carbocycles. The first-order valence-electron chi connectivity index (χ1n) is 7.73. The molecule has 0 N–H and O–H groups in total. The summed E-state index contributed by atoms with van der Waals surface area (Å²) in [6.07, 6.45) is 7.47. The van der Waals surface area contributed by atoms with Crippen LogP contribution < -0.4 is 0 Å². The summed E-state index contributed by atoms with van der Waals surface area (Å²) in [5.41, 5.74) is 1.07. The van der Waals surface area contributed by atoms with Crippen LogP contribution in [0.25, 0.3) is 0 Å². The molecule has 0 spiro atoms. The fraction of sp³-hybridized carbons (Fsp3) is 0.471. The second-order valence-corrected chi connectivity index (χ2v) is 8.09. The fourth-order valence-corrected chi connectivity index (χ4v) is 4.65. The van der Waals surface area contributed by atoms with Crippen LogP contribution in [-0.2, 0) is 9.84 Å². The van der Waals surface area contributed by atoms with E-state index in [0.29, 0.717) is 17.7 Å². The Hall–Kier alpha value is -1.62. The fourth-order valence-electron chi connectivity index (χ4n) is 2.67. The van der Waals surface area contributed by atoms with E-state index in [1.807, 2.05) is 43.7 Å². The second kappa shape index (κ2) is 7.09. The number of sulfone groups is 1. The molecule has 1 aromatic carbocycles. The molecule has 1 aromatic heterocycles. The predicted molar refractivity (Wildman–Crippen MR) is 88.6 cm³/mol. The summed E-state index contributed by atoms with van der Waals surface area (Å²) in [6, 6.07) is 7.26. The van der Waals surface area contributed by atoms with Gasteiger partial charge in [0.2, 0.25) is 0 Å². The summed E-state index contributed by atoms with van der Waals surface area (Å²) >= 11 is 0. The van der Waals surface area contributed by atoms with E-state index in [2.05, 4.69) is 4.98 Å². The highest BCUT2D eigenvalue weighted by Crippen LogP contribution is 2.27. The van der Waals surface area contributed by atoms with E-state index >= 15 is 0 Å². The van der Waals surface area contributed by atoms with E-state index in [1.165, 1.54) is 0 Å². The van der Waals surface area contributed by atoms with Crippen LogP contribution in [0.15, 0.2) is 47.9 Å². The van der Waals surface area contributed by atoms with Gasteiger partial charge in [0.15, 0.2) is 9.84 Å². The van der Waals surface area contributed by atoms with Crippen molar-refractivity contribution in [3.05, 3.63) is 48.5 Å². The molecule has 4 nitrogen and oxygen atoms in total. The molecule has 0 saturated carbocycles. The van der Waals surface area contributed by atoms with Crippen molar-refractivity contribution < 1.29 is 8.42 Å². The average molecular weight is 320 g/mol. The summed E-state index contributed by atoms with van der Waals surface area (Å²) in [5.74, 6) is 0. The third-order valence-electron chi connectivity index (χ3n) is 4.04. The van der Waals surface area contributed by atoms with Crippen molar-refractivity contribution in [2.75, 3.05) is 0 Å². The Labute approximate surface area is 133 Å². The van der Waals surface area contributed by atoms with E-state index in [0.717, 1.165) is 12.0 Å². The minimum atomic E-state index is -3.30. The van der Waals surface area contributed by atoms with Gasteiger partial charge in [0.25, 0.3) is 0 Å². The van der Waals surface area contributed by atoms with Gasteiger partial charge in [-0.05, 0) is 38.8 Å². The molecule has 5 heteroatoms. The Morgan fingerprint density at radius 2 is 1.91 bits per heavy atom. The van der Waals surface area contributed by atoms with Gasteiger partial charge in [0, 0.05) is 18.4 Å². The van der Waals surface area contributed by atoms with Gasteiger partial charge in [-0.1, -0.05) is 31.0 Å². The summed E-state index contributed by atoms with van der Waals surface area (Å²) in [7, 11) is -3.30. The highest BCUT2D eigenvalue weighted by Gasteiger charge is 2.28. The van der Waals surface area contributed by atoms with Gasteiger partial charge < -0.3 is 4.57 Å². The standard InChI is InChI=1S/C17H24N2O2S/c1-4-5-17(12-15(3)19-11-10-18-13-19)22(20,21)16-8-6-14(2)7-9-16/h6-11,13,15,17H,4-5,12H2,1-3H3. The normalized spacial score (nSPS) is 14.7. The highest BCUT2D eigenvalue weighted by molar-refractivity contribution is 7.92. The van der Waals surface area contributed by atoms with Gasteiger partial charge in [-0.2, -0.15) is 0 Å². The minimum Gasteiger partial charge on any atom is -0.335 e. The van der Waals surface area contributed by atoms with Crippen molar-refractivity contribution in [2.24, 2.45) is 0 Å². The van der Waals surface area contributed by atoms with Crippen LogP contribution in [0.1, 0.15) is 44.7 Å². The summed E-state index contributed by atoms with van der Waals surface area (Å²) < 4.78 is 27.8. The van der Waals surface area contributed by atoms with Gasteiger partial charge in [-0.3, -0.25) is 0 Å². The van der Waals surface area contributed by atoms with Crippen molar-refractivity contribution in [3.8, 4) is 0 Å². The molecule has 0 radical (unpaired) electrons. The SMILES string of the molecule is CCCC(CC(C)n1ccnc1)S(=O)(=O)c1ccc(C)cc1. The number of imidazole rings is 1. The van der Waals surface area contributed by atoms with Gasteiger partial charge >= 0.3 is 0 Å². The minimum absolute atomic E-state index is 0.110. The molecule has 120 valence electrons. The van der Waals surface area contributed by atoms with E-state index in [1.54, 1.807) is 24.7 Å². The van der Waals surface area contributed by atoms with Crippen LogP contribution in [-0.4, -0.2) is 23.2 Å². The number of benzene rings is 1. The number of rotatable bonds is 7. The molecule has 0 fully saturated rings. The zero-order valence-electron chi connectivity index (χ0n) is 13.4. The molecule has 0 aliphatic rings. The predicted octanol–water partition coefficient (Wildman–Crippen LogP) is 3.79. The van der Waals surface area contributed by atoms with E-state index in [9.17, 15) is 8.42 Å². The number of hydrogen-bond donors (Lipinski definition) is 0. The van der Waals surface area contributed by atoms with Crippen LogP contribution in [0.2, 0.25) is 0 Å². The van der Waals surface area contributed by atoms with Crippen molar-refractivity contribution in [1.82, 2.24) is 9.55 Å². The summed E-state index contributed by atoms with van der Waals surface area (Å²) in [6.45, 7) is 6.02. The lowest BCUT2D eigenvalue weighted by Gasteiger charge is -2.22. The molecule has 2 unspecified atom stereocenters. The Bertz CT molecular complexity index is 676. The maximum absolute atomic E-state index is 12.9. The van der Waals surface area contributed by atoms with Gasteiger partial charge in [-0.15, -0.1) is 0 Å². The maximum Gasteiger partial charge on any atom is 0.181 e. The molecule has 0 aliphatic heterocycles. The molecule has 2 atom stereocenters. The third-order valence-corrected chi connectivity index (χ3v) is 6.27. The molecule has 2 aromatic rings. The zero-order chi connectivity index (χ0) is 16.2. The molecule has 2 rings (SSSR count). The van der Waals surface area contributed by atoms with E-state index in [-0.39, 0.29) is 11.3 Å². The topological polar surface area (TPSA) is 52.0 Å². The van der Waals surface area contributed by atoms with Crippen LogP contribution >= 0.6 is 0 Å². The Morgan fingerprint density at radius 3 is 2.45 bits per heavy atom. The lowest BCUT2D eigenvalue weighted by atomic mass is 10.1. The van der Waals surface area contributed by atoms with Gasteiger partial charge in [-0.25, -0.2) is 13.4 Å². The molecular formula is C17H24N2O2S. The van der Waals surface area contributed by atoms with Crippen LogP contribution in [0, 0.1) is 6.92 Å². The largest absolute Gasteiger partial charge is 0.335 e. The first-order valence-corrected chi connectivity index (χ1v) is 9.27. The Morgan fingerprint density at radius 1 is 1.23 bits per heavy atom. The molecule has 0 amide bonds. The molecule has 0 bridgehead atoms. The highest BCUT2D eigenvalue weighted by atomic mass is 32.2. The maximum atomic E-state index is 12.9. The monoisotopic (exact) mass is 320 g/mol. The molecule has 22 heavy (non-hydrogen) atoms. The lowest BCUT2D eigenvalue weighted by Crippen LogP contribution is -2.25. The van der Waals surface area contributed by atoms with E-state index in [4.69, 9.17) is 0 Å². The molecule has 1 heterocycles. The Balaban J connectivity index is 2.24. The van der Waals surface area contributed by atoms with Crippen molar-refractivity contribution in [1.29, 1.82) is 0 Å². The zero-order valence-corrected chi connectivity index (χ0v) is 14.3. The average Bonchev–Trinajstić information content (AvgIpc) is 3.01.